The molecular formula is C30H36ClN3O4S. The molecule has 0 heterocycles. The largest absolute Gasteiger partial charge is 0.354 e. The fraction of sp³-hybridized carbons (Fsp3) is 0.333. The SMILES string of the molecule is CCCNC(=O)C(CC)N(Cc1cccc(C)c1)C(=O)CN(c1ccccc1C)S(=O)(=O)c1ccc(Cl)cc1. The summed E-state index contributed by atoms with van der Waals surface area (Å²) in [5.41, 5.74) is 2.96. The predicted octanol–water partition coefficient (Wildman–Crippen LogP) is 5.49. The second-order valence-corrected chi connectivity index (χ2v) is 11.8. The smallest absolute Gasteiger partial charge is 0.264 e. The molecule has 0 aromatic heterocycles. The number of benzene rings is 3. The lowest BCUT2D eigenvalue weighted by molar-refractivity contribution is -0.140. The van der Waals surface area contributed by atoms with Crippen molar-refractivity contribution in [1.29, 1.82) is 0 Å². The summed E-state index contributed by atoms with van der Waals surface area (Å²) in [5.74, 6) is -0.737. The molecule has 0 aliphatic rings. The summed E-state index contributed by atoms with van der Waals surface area (Å²) in [5, 5.41) is 3.30. The van der Waals surface area contributed by atoms with Gasteiger partial charge in [-0.05, 0) is 68.1 Å². The number of hydrogen-bond acceptors (Lipinski definition) is 4. The fourth-order valence-electron chi connectivity index (χ4n) is 4.38. The second kappa shape index (κ2) is 13.6. The minimum Gasteiger partial charge on any atom is -0.354 e. The van der Waals surface area contributed by atoms with Crippen LogP contribution in [0, 0.1) is 13.8 Å². The zero-order valence-corrected chi connectivity index (χ0v) is 24.4. The van der Waals surface area contributed by atoms with Gasteiger partial charge >= 0.3 is 0 Å². The van der Waals surface area contributed by atoms with Gasteiger partial charge in [0.2, 0.25) is 11.8 Å². The zero-order chi connectivity index (χ0) is 28.6. The maximum absolute atomic E-state index is 14.1. The summed E-state index contributed by atoms with van der Waals surface area (Å²) in [7, 11) is -4.14. The molecule has 208 valence electrons. The molecule has 3 rings (SSSR count). The van der Waals surface area contributed by atoms with Gasteiger partial charge in [-0.3, -0.25) is 13.9 Å². The average molecular weight is 570 g/mol. The van der Waals surface area contributed by atoms with Crippen LogP contribution in [0.15, 0.2) is 77.7 Å². The number of carbonyl (C=O) groups is 2. The number of sulfonamides is 1. The summed E-state index contributed by atoms with van der Waals surface area (Å²) >= 11 is 6.01. The topological polar surface area (TPSA) is 86.8 Å². The molecule has 0 fully saturated rings. The normalized spacial score (nSPS) is 12.0. The van der Waals surface area contributed by atoms with E-state index in [-0.39, 0.29) is 17.3 Å². The van der Waals surface area contributed by atoms with E-state index < -0.39 is 28.5 Å². The highest BCUT2D eigenvalue weighted by Gasteiger charge is 2.34. The molecule has 0 saturated carbocycles. The number of carbonyl (C=O) groups excluding carboxylic acids is 2. The first-order valence-electron chi connectivity index (χ1n) is 13.0. The van der Waals surface area contributed by atoms with Crippen molar-refractivity contribution >= 4 is 39.1 Å². The van der Waals surface area contributed by atoms with Crippen LogP contribution in [0.4, 0.5) is 5.69 Å². The van der Waals surface area contributed by atoms with E-state index in [0.29, 0.717) is 29.2 Å². The first-order chi connectivity index (χ1) is 18.6. The van der Waals surface area contributed by atoms with Crippen LogP contribution in [-0.4, -0.2) is 44.3 Å². The highest BCUT2D eigenvalue weighted by atomic mass is 35.5. The Kier molecular flexibility index (Phi) is 10.5. The first kappa shape index (κ1) is 30.2. The Morgan fingerprint density at radius 3 is 2.26 bits per heavy atom. The van der Waals surface area contributed by atoms with E-state index in [0.717, 1.165) is 21.9 Å². The second-order valence-electron chi connectivity index (χ2n) is 9.48. The molecular weight excluding hydrogens is 534 g/mol. The standard InChI is InChI=1S/C30H36ClN3O4S/c1-5-18-32-30(36)27(6-2)33(20-24-12-9-10-22(3)19-24)29(35)21-34(28-13-8-7-11-23(28)4)39(37,38)26-16-14-25(31)15-17-26/h7-17,19,27H,5-6,18,20-21H2,1-4H3,(H,32,36). The highest BCUT2D eigenvalue weighted by molar-refractivity contribution is 7.92. The number of hydrogen-bond donors (Lipinski definition) is 1. The van der Waals surface area contributed by atoms with Gasteiger partial charge in [-0.2, -0.15) is 0 Å². The zero-order valence-electron chi connectivity index (χ0n) is 22.9. The predicted molar refractivity (Wildman–Crippen MR) is 156 cm³/mol. The van der Waals surface area contributed by atoms with Gasteiger partial charge < -0.3 is 10.2 Å². The Hall–Kier alpha value is -3.36. The number of aryl methyl sites for hydroxylation is 2. The summed E-state index contributed by atoms with van der Waals surface area (Å²) < 4.78 is 28.9. The Morgan fingerprint density at radius 2 is 1.64 bits per heavy atom. The highest BCUT2D eigenvalue weighted by Crippen LogP contribution is 2.28. The molecule has 0 saturated heterocycles. The number of nitrogens with zero attached hydrogens (tertiary/aromatic N) is 2. The van der Waals surface area contributed by atoms with Crippen molar-refractivity contribution in [2.24, 2.45) is 0 Å². The van der Waals surface area contributed by atoms with Crippen LogP contribution in [0.2, 0.25) is 5.02 Å². The minimum atomic E-state index is -4.14. The van der Waals surface area contributed by atoms with Gasteiger partial charge in [-0.15, -0.1) is 0 Å². The molecule has 3 aromatic rings. The van der Waals surface area contributed by atoms with E-state index in [4.69, 9.17) is 11.6 Å². The average Bonchev–Trinajstić information content (AvgIpc) is 2.91. The van der Waals surface area contributed by atoms with Gasteiger partial charge in [-0.25, -0.2) is 8.42 Å². The molecule has 1 unspecified atom stereocenters. The number of rotatable bonds is 12. The third-order valence-corrected chi connectivity index (χ3v) is 8.46. The third-order valence-electron chi connectivity index (χ3n) is 6.44. The van der Waals surface area contributed by atoms with Gasteiger partial charge in [0.15, 0.2) is 0 Å². The van der Waals surface area contributed by atoms with Crippen LogP contribution < -0.4 is 9.62 Å². The summed E-state index contributed by atoms with van der Waals surface area (Å²) in [6, 6.07) is 19.8. The molecule has 9 heteroatoms. The van der Waals surface area contributed by atoms with Crippen molar-refractivity contribution in [3.8, 4) is 0 Å². The lowest BCUT2D eigenvalue weighted by Crippen LogP contribution is -2.52. The van der Waals surface area contributed by atoms with Crippen LogP contribution in [0.5, 0.6) is 0 Å². The molecule has 39 heavy (non-hydrogen) atoms. The molecule has 0 aliphatic heterocycles. The van der Waals surface area contributed by atoms with Gasteiger partial charge in [0.05, 0.1) is 10.6 Å². The number of nitrogens with one attached hydrogen (secondary N) is 1. The van der Waals surface area contributed by atoms with Gasteiger partial charge in [0.25, 0.3) is 10.0 Å². The van der Waals surface area contributed by atoms with Gasteiger partial charge in [0.1, 0.15) is 12.6 Å². The number of amides is 2. The fourth-order valence-corrected chi connectivity index (χ4v) is 5.99. The molecule has 0 bridgehead atoms. The molecule has 2 amide bonds. The van der Waals surface area contributed by atoms with E-state index in [2.05, 4.69) is 5.32 Å². The molecule has 7 nitrogen and oxygen atoms in total. The molecule has 0 spiro atoms. The number of halogens is 1. The van der Waals surface area contributed by atoms with E-state index >= 15 is 0 Å². The Balaban J connectivity index is 2.06. The van der Waals surface area contributed by atoms with Crippen molar-refractivity contribution in [1.82, 2.24) is 10.2 Å². The number of para-hydroxylation sites is 1. The maximum Gasteiger partial charge on any atom is 0.264 e. The Morgan fingerprint density at radius 1 is 0.949 bits per heavy atom. The summed E-state index contributed by atoms with van der Waals surface area (Å²) in [6.45, 7) is 7.73. The van der Waals surface area contributed by atoms with Crippen LogP contribution in [-0.2, 0) is 26.2 Å². The number of anilines is 1. The van der Waals surface area contributed by atoms with E-state index in [1.165, 1.54) is 29.2 Å². The molecule has 0 aliphatic carbocycles. The van der Waals surface area contributed by atoms with E-state index in [1.807, 2.05) is 51.1 Å². The van der Waals surface area contributed by atoms with Gasteiger partial charge in [-0.1, -0.05) is 73.5 Å². The van der Waals surface area contributed by atoms with Crippen LogP contribution in [0.3, 0.4) is 0 Å². The molecule has 1 N–H and O–H groups in total. The Bertz CT molecular complexity index is 1390. The van der Waals surface area contributed by atoms with E-state index in [9.17, 15) is 18.0 Å². The third kappa shape index (κ3) is 7.61. The maximum atomic E-state index is 14.1. The monoisotopic (exact) mass is 569 g/mol. The van der Waals surface area contributed by atoms with Crippen molar-refractivity contribution in [3.05, 3.63) is 94.5 Å². The molecule has 1 atom stereocenters. The van der Waals surface area contributed by atoms with Crippen LogP contribution in [0.25, 0.3) is 0 Å². The summed E-state index contributed by atoms with van der Waals surface area (Å²) in [4.78, 5) is 28.7. The lowest BCUT2D eigenvalue weighted by Gasteiger charge is -2.33. The van der Waals surface area contributed by atoms with Crippen LogP contribution >= 0.6 is 11.6 Å². The van der Waals surface area contributed by atoms with E-state index in [1.54, 1.807) is 25.1 Å². The molecule has 0 radical (unpaired) electrons. The quantitative estimate of drug-likeness (QED) is 0.313. The summed E-state index contributed by atoms with van der Waals surface area (Å²) in [6.07, 6.45) is 1.13. The van der Waals surface area contributed by atoms with Crippen molar-refractivity contribution in [2.45, 2.75) is 58.0 Å². The minimum absolute atomic E-state index is 0.0147. The lowest BCUT2D eigenvalue weighted by atomic mass is 10.1. The van der Waals surface area contributed by atoms with Crippen molar-refractivity contribution < 1.29 is 18.0 Å². The molecule has 3 aromatic carbocycles. The Labute approximate surface area is 236 Å². The van der Waals surface area contributed by atoms with Crippen molar-refractivity contribution in [2.75, 3.05) is 17.4 Å². The van der Waals surface area contributed by atoms with Crippen LogP contribution in [0.1, 0.15) is 43.4 Å². The first-order valence-corrected chi connectivity index (χ1v) is 14.9. The van der Waals surface area contributed by atoms with Crippen molar-refractivity contribution in [3.63, 3.8) is 0 Å². The van der Waals surface area contributed by atoms with Gasteiger partial charge in [0, 0.05) is 18.1 Å².